The number of benzene rings is 2. The Morgan fingerprint density at radius 1 is 1.07 bits per heavy atom. The summed E-state index contributed by atoms with van der Waals surface area (Å²) < 4.78 is 0. The monoisotopic (exact) mass is 442 g/mol. The average Bonchev–Trinajstić information content (AvgIpc) is 2.68. The number of hydrogen-bond acceptors (Lipinski definition) is 3. The molecule has 0 spiro atoms. The van der Waals surface area contributed by atoms with Crippen LogP contribution in [-0.4, -0.2) is 17.6 Å². The van der Waals surface area contributed by atoms with Crippen LogP contribution >= 0.6 is 23.2 Å². The van der Waals surface area contributed by atoms with Crippen LogP contribution in [0.3, 0.4) is 0 Å². The van der Waals surface area contributed by atoms with Crippen molar-refractivity contribution >= 4 is 52.2 Å². The van der Waals surface area contributed by atoms with Gasteiger partial charge in [-0.3, -0.25) is 19.3 Å². The molecule has 0 bridgehead atoms. The van der Waals surface area contributed by atoms with Gasteiger partial charge in [-0.2, -0.15) is 0 Å². The largest absolute Gasteiger partial charge is 0.326 e. The maximum absolute atomic E-state index is 13.2. The molecule has 2 aromatic carbocycles. The highest BCUT2D eigenvalue weighted by molar-refractivity contribution is 6.35. The highest BCUT2D eigenvalue weighted by Crippen LogP contribution is 2.45. The van der Waals surface area contributed by atoms with E-state index in [0.29, 0.717) is 46.3 Å². The highest BCUT2D eigenvalue weighted by Gasteiger charge is 2.40. The van der Waals surface area contributed by atoms with Crippen LogP contribution in [0, 0.1) is 0 Å². The van der Waals surface area contributed by atoms with Crippen LogP contribution in [-0.2, 0) is 14.4 Å². The molecule has 154 valence electrons. The molecular weight excluding hydrogens is 423 g/mol. The predicted octanol–water partition coefficient (Wildman–Crippen LogP) is 5.48. The first kappa shape index (κ1) is 20.6. The molecule has 1 atom stereocenters. The number of carbonyl (C=O) groups is 3. The molecule has 5 nitrogen and oxygen atoms in total. The van der Waals surface area contributed by atoms with Gasteiger partial charge in [-0.25, -0.2) is 0 Å². The smallest absolute Gasteiger partial charge is 0.232 e. The van der Waals surface area contributed by atoms with Gasteiger partial charge in [-0.1, -0.05) is 29.3 Å². The molecule has 1 aliphatic heterocycles. The zero-order valence-corrected chi connectivity index (χ0v) is 17.9. The van der Waals surface area contributed by atoms with Crippen molar-refractivity contribution in [2.75, 3.05) is 10.2 Å². The third kappa shape index (κ3) is 3.87. The Hall–Kier alpha value is -2.63. The van der Waals surface area contributed by atoms with Gasteiger partial charge in [0.2, 0.25) is 11.8 Å². The average molecular weight is 443 g/mol. The van der Waals surface area contributed by atoms with E-state index in [-0.39, 0.29) is 29.9 Å². The molecule has 0 radical (unpaired) electrons. The van der Waals surface area contributed by atoms with Crippen molar-refractivity contribution in [1.29, 1.82) is 0 Å². The number of Topliss-reactive ketones (excluding diaryl/α,β-unsaturated/α-hetero) is 1. The molecule has 1 heterocycles. The molecule has 0 aromatic heterocycles. The molecule has 2 aromatic rings. The van der Waals surface area contributed by atoms with E-state index in [4.69, 9.17) is 23.2 Å². The topological polar surface area (TPSA) is 66.5 Å². The van der Waals surface area contributed by atoms with Gasteiger partial charge < -0.3 is 5.32 Å². The molecule has 2 amide bonds. The van der Waals surface area contributed by atoms with E-state index in [1.165, 1.54) is 6.92 Å². The minimum absolute atomic E-state index is 0.0552. The fourth-order valence-electron chi connectivity index (χ4n) is 4.24. The van der Waals surface area contributed by atoms with Crippen molar-refractivity contribution < 1.29 is 14.4 Å². The second-order valence-corrected chi connectivity index (χ2v) is 8.36. The number of anilines is 2. The Bertz CT molecular complexity index is 1080. The number of nitrogens with one attached hydrogen (secondary N) is 1. The Labute approximate surface area is 184 Å². The van der Waals surface area contributed by atoms with Crippen molar-refractivity contribution in [2.24, 2.45) is 0 Å². The van der Waals surface area contributed by atoms with E-state index >= 15 is 0 Å². The van der Waals surface area contributed by atoms with Gasteiger partial charge in [0.1, 0.15) is 0 Å². The molecule has 0 saturated carbocycles. The predicted molar refractivity (Wildman–Crippen MR) is 118 cm³/mol. The standard InChI is InChI=1S/C23H20Cl2N2O3/c1-13(28)26-15-6-8-16(9-7-15)27-20-3-2-4-21(29)23(20)18(12-22(27)30)17-10-5-14(24)11-19(17)25/h5-11,18H,2-4,12H2,1H3,(H,26,28). The molecular formula is C23H20Cl2N2O3. The van der Waals surface area contributed by atoms with Crippen LogP contribution in [0.5, 0.6) is 0 Å². The molecule has 30 heavy (non-hydrogen) atoms. The van der Waals surface area contributed by atoms with Crippen molar-refractivity contribution in [3.63, 3.8) is 0 Å². The van der Waals surface area contributed by atoms with Gasteiger partial charge in [0.15, 0.2) is 5.78 Å². The first-order valence-electron chi connectivity index (χ1n) is 9.77. The van der Waals surface area contributed by atoms with Crippen molar-refractivity contribution in [3.8, 4) is 0 Å². The van der Waals surface area contributed by atoms with Gasteiger partial charge in [-0.15, -0.1) is 0 Å². The zero-order valence-electron chi connectivity index (χ0n) is 16.4. The molecule has 1 unspecified atom stereocenters. The van der Waals surface area contributed by atoms with Crippen LogP contribution in [0.2, 0.25) is 10.0 Å². The lowest BCUT2D eigenvalue weighted by molar-refractivity contribution is -0.120. The molecule has 1 aliphatic carbocycles. The van der Waals surface area contributed by atoms with Gasteiger partial charge in [0.05, 0.1) is 0 Å². The molecule has 2 aliphatic rings. The summed E-state index contributed by atoms with van der Waals surface area (Å²) in [5.74, 6) is -0.575. The quantitative estimate of drug-likeness (QED) is 0.683. The number of amides is 2. The highest BCUT2D eigenvalue weighted by atomic mass is 35.5. The number of hydrogen-bond donors (Lipinski definition) is 1. The number of ketones is 1. The Kier molecular flexibility index (Phi) is 5.67. The fourth-order valence-corrected chi connectivity index (χ4v) is 4.78. The number of carbonyl (C=O) groups excluding carboxylic acids is 3. The third-order valence-electron chi connectivity index (χ3n) is 5.46. The SMILES string of the molecule is CC(=O)Nc1ccc(N2C(=O)CC(c3ccc(Cl)cc3Cl)C3=C2CCCC3=O)cc1. The first-order chi connectivity index (χ1) is 14.3. The molecule has 0 fully saturated rings. The molecule has 1 N–H and O–H groups in total. The second kappa shape index (κ2) is 8.25. The van der Waals surface area contributed by atoms with Crippen LogP contribution in [0.1, 0.15) is 44.1 Å². The summed E-state index contributed by atoms with van der Waals surface area (Å²) in [6.07, 6.45) is 1.96. The number of allylic oxidation sites excluding steroid dienone is 2. The summed E-state index contributed by atoms with van der Waals surface area (Å²) in [6.45, 7) is 1.44. The second-order valence-electron chi connectivity index (χ2n) is 7.52. The van der Waals surface area contributed by atoms with Crippen molar-refractivity contribution in [3.05, 3.63) is 69.3 Å². The Balaban J connectivity index is 1.78. The maximum atomic E-state index is 13.2. The summed E-state index contributed by atoms with van der Waals surface area (Å²) in [7, 11) is 0. The molecule has 0 saturated heterocycles. The summed E-state index contributed by atoms with van der Waals surface area (Å²) in [5.41, 5.74) is 3.48. The Morgan fingerprint density at radius 3 is 2.47 bits per heavy atom. The van der Waals surface area contributed by atoms with Crippen LogP contribution in [0.25, 0.3) is 0 Å². The van der Waals surface area contributed by atoms with E-state index in [1.807, 2.05) is 0 Å². The van der Waals surface area contributed by atoms with E-state index in [9.17, 15) is 14.4 Å². The summed E-state index contributed by atoms with van der Waals surface area (Å²) >= 11 is 12.5. The minimum atomic E-state index is -0.375. The normalized spacial score (nSPS) is 19.0. The van der Waals surface area contributed by atoms with Gasteiger partial charge in [-0.05, 0) is 54.8 Å². The summed E-state index contributed by atoms with van der Waals surface area (Å²) in [4.78, 5) is 39.1. The van der Waals surface area contributed by atoms with Gasteiger partial charge in [0, 0.05) is 58.4 Å². The maximum Gasteiger partial charge on any atom is 0.232 e. The van der Waals surface area contributed by atoms with Crippen molar-refractivity contribution in [2.45, 2.75) is 38.5 Å². The fraction of sp³-hybridized carbons (Fsp3) is 0.261. The van der Waals surface area contributed by atoms with E-state index < -0.39 is 0 Å². The Morgan fingerprint density at radius 2 is 1.80 bits per heavy atom. The molecule has 4 rings (SSSR count). The number of halogens is 2. The zero-order chi connectivity index (χ0) is 21.4. The lowest BCUT2D eigenvalue weighted by atomic mass is 9.77. The van der Waals surface area contributed by atoms with Gasteiger partial charge >= 0.3 is 0 Å². The molecule has 7 heteroatoms. The summed E-state index contributed by atoms with van der Waals surface area (Å²) in [6, 6.07) is 12.2. The van der Waals surface area contributed by atoms with Gasteiger partial charge in [0.25, 0.3) is 0 Å². The van der Waals surface area contributed by atoms with E-state index in [0.717, 1.165) is 11.3 Å². The van der Waals surface area contributed by atoms with Crippen LogP contribution in [0.15, 0.2) is 53.7 Å². The van der Waals surface area contributed by atoms with Crippen LogP contribution < -0.4 is 10.2 Å². The summed E-state index contributed by atoms with van der Waals surface area (Å²) in [5, 5.41) is 3.68. The third-order valence-corrected chi connectivity index (χ3v) is 6.02. The first-order valence-corrected chi connectivity index (χ1v) is 10.5. The lowest BCUT2D eigenvalue weighted by Crippen LogP contribution is -2.40. The lowest BCUT2D eigenvalue weighted by Gasteiger charge is -2.38. The minimum Gasteiger partial charge on any atom is -0.326 e. The van der Waals surface area contributed by atoms with Crippen molar-refractivity contribution in [1.82, 2.24) is 0 Å². The van der Waals surface area contributed by atoms with Crippen LogP contribution in [0.4, 0.5) is 11.4 Å². The van der Waals surface area contributed by atoms with E-state index in [1.54, 1.807) is 47.4 Å². The number of nitrogens with zero attached hydrogens (tertiary/aromatic N) is 1. The van der Waals surface area contributed by atoms with E-state index in [2.05, 4.69) is 5.32 Å². The number of rotatable bonds is 3.